The molecule has 0 unspecified atom stereocenters. The Morgan fingerprint density at radius 3 is 2.69 bits per heavy atom. The van der Waals surface area contributed by atoms with Crippen molar-refractivity contribution in [2.24, 2.45) is 0 Å². The van der Waals surface area contributed by atoms with Gasteiger partial charge in [-0.05, 0) is 12.5 Å². The van der Waals surface area contributed by atoms with Crippen LogP contribution in [0.15, 0.2) is 12.3 Å². The van der Waals surface area contributed by atoms with Crippen molar-refractivity contribution in [2.45, 2.75) is 13.3 Å². The summed E-state index contributed by atoms with van der Waals surface area (Å²) < 4.78 is 5.10. The van der Waals surface area contributed by atoms with Crippen LogP contribution in [0, 0.1) is 0 Å². The van der Waals surface area contributed by atoms with E-state index in [1.807, 2.05) is 6.92 Å². The van der Waals surface area contributed by atoms with Gasteiger partial charge in [0.1, 0.15) is 5.75 Å². The average molecular weight is 224 g/mol. The lowest BCUT2D eigenvalue weighted by atomic mass is 10.1. The molecule has 0 aromatic carbocycles. The van der Waals surface area contributed by atoms with Crippen LogP contribution in [-0.2, 0) is 11.3 Å². The molecule has 1 rings (SSSR count). The molecule has 0 aliphatic carbocycles. The van der Waals surface area contributed by atoms with Crippen LogP contribution in [0.1, 0.15) is 23.0 Å². The Kier molecular flexibility index (Phi) is 4.25. The van der Waals surface area contributed by atoms with Gasteiger partial charge in [-0.2, -0.15) is 0 Å². The van der Waals surface area contributed by atoms with E-state index in [2.05, 4.69) is 4.98 Å². The highest BCUT2D eigenvalue weighted by Gasteiger charge is 2.17. The monoisotopic (exact) mass is 224 g/mol. The van der Waals surface area contributed by atoms with Gasteiger partial charge >= 0.3 is 0 Å². The van der Waals surface area contributed by atoms with Gasteiger partial charge in [-0.25, -0.2) is 5.06 Å². The van der Waals surface area contributed by atoms with Crippen LogP contribution in [-0.4, -0.2) is 37.2 Å². The van der Waals surface area contributed by atoms with Gasteiger partial charge in [-0.3, -0.25) is 14.6 Å². The van der Waals surface area contributed by atoms with E-state index in [1.54, 1.807) is 19.3 Å². The van der Waals surface area contributed by atoms with Crippen molar-refractivity contribution in [1.82, 2.24) is 10.0 Å². The Hall–Kier alpha value is -1.62. The summed E-state index contributed by atoms with van der Waals surface area (Å²) in [7, 11) is 4.49. The normalized spacial score (nSPS) is 10.0. The zero-order valence-electron chi connectivity index (χ0n) is 9.98. The summed E-state index contributed by atoms with van der Waals surface area (Å²) in [5, 5.41) is 1.15. The van der Waals surface area contributed by atoms with Crippen molar-refractivity contribution in [1.29, 1.82) is 0 Å². The predicted molar refractivity (Wildman–Crippen MR) is 59.3 cm³/mol. The Bertz CT molecular complexity index is 379. The molecule has 1 amide bonds. The van der Waals surface area contributed by atoms with E-state index >= 15 is 0 Å². The second kappa shape index (κ2) is 5.46. The van der Waals surface area contributed by atoms with E-state index in [0.29, 0.717) is 11.3 Å². The summed E-state index contributed by atoms with van der Waals surface area (Å²) in [4.78, 5) is 20.9. The summed E-state index contributed by atoms with van der Waals surface area (Å²) in [6, 6.07) is 1.72. The summed E-state index contributed by atoms with van der Waals surface area (Å²) in [5.74, 6) is 0.197. The second-order valence-corrected chi connectivity index (χ2v) is 3.21. The molecule has 1 heterocycles. The van der Waals surface area contributed by atoms with Crippen molar-refractivity contribution in [3.63, 3.8) is 0 Å². The van der Waals surface area contributed by atoms with Crippen molar-refractivity contribution in [3.8, 4) is 5.75 Å². The third-order valence-corrected chi connectivity index (χ3v) is 2.30. The SMILES string of the molecule is CCc1cc(C(=O)N(C)OC)c(OC)cn1. The number of hydroxylamine groups is 2. The van der Waals surface area contributed by atoms with Crippen LogP contribution in [0.5, 0.6) is 5.75 Å². The molecule has 0 aliphatic rings. The summed E-state index contributed by atoms with van der Waals surface area (Å²) in [6.07, 6.45) is 2.32. The third kappa shape index (κ3) is 2.49. The molecule has 1 aromatic rings. The molecule has 0 saturated heterocycles. The van der Waals surface area contributed by atoms with Gasteiger partial charge in [0.2, 0.25) is 0 Å². The first-order valence-corrected chi connectivity index (χ1v) is 4.99. The number of methoxy groups -OCH3 is 1. The quantitative estimate of drug-likeness (QED) is 0.723. The number of aromatic nitrogens is 1. The van der Waals surface area contributed by atoms with Crippen LogP contribution >= 0.6 is 0 Å². The fraction of sp³-hybridized carbons (Fsp3) is 0.455. The van der Waals surface area contributed by atoms with Crippen molar-refractivity contribution >= 4 is 5.91 Å². The van der Waals surface area contributed by atoms with Crippen molar-refractivity contribution in [2.75, 3.05) is 21.3 Å². The minimum Gasteiger partial charge on any atom is -0.494 e. The molecule has 0 saturated carbocycles. The van der Waals surface area contributed by atoms with Gasteiger partial charge in [0.25, 0.3) is 5.91 Å². The molecule has 0 spiro atoms. The fourth-order valence-corrected chi connectivity index (χ4v) is 1.26. The third-order valence-electron chi connectivity index (χ3n) is 2.30. The van der Waals surface area contributed by atoms with Crippen molar-refractivity contribution < 1.29 is 14.4 Å². The Morgan fingerprint density at radius 1 is 1.50 bits per heavy atom. The summed E-state index contributed by atoms with van der Waals surface area (Å²) >= 11 is 0. The maximum atomic E-state index is 11.9. The molecule has 0 fully saturated rings. The van der Waals surface area contributed by atoms with Gasteiger partial charge in [0.05, 0.1) is 26.0 Å². The van der Waals surface area contributed by atoms with Crippen LogP contribution in [0.3, 0.4) is 0 Å². The number of ether oxygens (including phenoxy) is 1. The van der Waals surface area contributed by atoms with E-state index in [1.165, 1.54) is 14.2 Å². The first-order chi connectivity index (χ1) is 7.63. The molecular formula is C11H16N2O3. The lowest BCUT2D eigenvalue weighted by Gasteiger charge is -2.15. The highest BCUT2D eigenvalue weighted by Crippen LogP contribution is 2.19. The first kappa shape index (κ1) is 12.4. The van der Waals surface area contributed by atoms with Crippen LogP contribution in [0.25, 0.3) is 0 Å². The lowest BCUT2D eigenvalue weighted by molar-refractivity contribution is -0.0758. The van der Waals surface area contributed by atoms with Crippen LogP contribution in [0.2, 0.25) is 0 Å². The number of hydrogen-bond donors (Lipinski definition) is 0. The number of hydrogen-bond acceptors (Lipinski definition) is 4. The first-order valence-electron chi connectivity index (χ1n) is 4.99. The number of amides is 1. The maximum absolute atomic E-state index is 11.9. The second-order valence-electron chi connectivity index (χ2n) is 3.21. The molecular weight excluding hydrogens is 208 g/mol. The number of rotatable bonds is 4. The fourth-order valence-electron chi connectivity index (χ4n) is 1.26. The number of pyridine rings is 1. The van der Waals surface area contributed by atoms with Crippen LogP contribution in [0.4, 0.5) is 0 Å². The van der Waals surface area contributed by atoms with Gasteiger partial charge in [0, 0.05) is 12.7 Å². The van der Waals surface area contributed by atoms with E-state index < -0.39 is 0 Å². The highest BCUT2D eigenvalue weighted by molar-refractivity contribution is 5.96. The molecule has 0 N–H and O–H groups in total. The van der Waals surface area contributed by atoms with Gasteiger partial charge in [-0.15, -0.1) is 0 Å². The maximum Gasteiger partial charge on any atom is 0.281 e. The number of nitrogens with zero attached hydrogens (tertiary/aromatic N) is 2. The molecule has 0 radical (unpaired) electrons. The largest absolute Gasteiger partial charge is 0.494 e. The number of aryl methyl sites for hydroxylation is 1. The van der Waals surface area contributed by atoms with E-state index in [4.69, 9.17) is 9.57 Å². The number of carbonyl (C=O) groups is 1. The lowest BCUT2D eigenvalue weighted by Crippen LogP contribution is -2.26. The predicted octanol–water partition coefficient (Wildman–Crippen LogP) is 1.29. The topological polar surface area (TPSA) is 51.7 Å². The minimum absolute atomic E-state index is 0.253. The Labute approximate surface area is 94.9 Å². The molecule has 0 bridgehead atoms. The van der Waals surface area contributed by atoms with E-state index in [9.17, 15) is 4.79 Å². The highest BCUT2D eigenvalue weighted by atomic mass is 16.7. The Balaban J connectivity index is 3.13. The number of carbonyl (C=O) groups excluding carboxylic acids is 1. The molecule has 5 nitrogen and oxygen atoms in total. The minimum atomic E-state index is -0.253. The Morgan fingerprint density at radius 2 is 2.19 bits per heavy atom. The molecule has 0 aliphatic heterocycles. The molecule has 0 atom stereocenters. The summed E-state index contributed by atoms with van der Waals surface area (Å²) in [6.45, 7) is 1.98. The van der Waals surface area contributed by atoms with Gasteiger partial charge in [0.15, 0.2) is 0 Å². The van der Waals surface area contributed by atoms with E-state index in [0.717, 1.165) is 17.2 Å². The molecule has 88 valence electrons. The molecule has 5 heteroatoms. The van der Waals surface area contributed by atoms with Crippen molar-refractivity contribution in [3.05, 3.63) is 23.5 Å². The van der Waals surface area contributed by atoms with Gasteiger partial charge in [-0.1, -0.05) is 6.92 Å². The van der Waals surface area contributed by atoms with E-state index in [-0.39, 0.29) is 5.91 Å². The standard InChI is InChI=1S/C11H16N2O3/c1-5-8-6-9(10(15-3)7-12-8)11(14)13(2)16-4/h6-7H,5H2,1-4H3. The smallest absolute Gasteiger partial charge is 0.281 e. The zero-order chi connectivity index (χ0) is 12.1. The average Bonchev–Trinajstić information content (AvgIpc) is 2.35. The zero-order valence-corrected chi connectivity index (χ0v) is 9.98. The molecule has 16 heavy (non-hydrogen) atoms. The van der Waals surface area contributed by atoms with Gasteiger partial charge < -0.3 is 4.74 Å². The molecule has 1 aromatic heterocycles. The van der Waals surface area contributed by atoms with Crippen LogP contribution < -0.4 is 4.74 Å². The summed E-state index contributed by atoms with van der Waals surface area (Å²) in [5.41, 5.74) is 1.30.